The van der Waals surface area contributed by atoms with E-state index in [-0.39, 0.29) is 18.1 Å². The van der Waals surface area contributed by atoms with Crippen LogP contribution in [0.2, 0.25) is 0 Å². The maximum Gasteiger partial charge on any atom is 0.313 e. The molecular formula is C22H16N4O4. The van der Waals surface area contributed by atoms with Crippen molar-refractivity contribution < 1.29 is 14.6 Å². The van der Waals surface area contributed by atoms with Gasteiger partial charge in [-0.1, -0.05) is 36.4 Å². The van der Waals surface area contributed by atoms with E-state index in [0.717, 1.165) is 10.8 Å². The van der Waals surface area contributed by atoms with Crippen molar-refractivity contribution in [1.82, 2.24) is 9.97 Å². The lowest BCUT2D eigenvalue weighted by Crippen LogP contribution is -2.26. The fourth-order valence-corrected chi connectivity index (χ4v) is 3.43. The predicted molar refractivity (Wildman–Crippen MR) is 113 cm³/mol. The summed E-state index contributed by atoms with van der Waals surface area (Å²) in [5, 5.41) is 16.9. The van der Waals surface area contributed by atoms with Crippen LogP contribution in [0.1, 0.15) is 0 Å². The molecule has 0 radical (unpaired) electrons. The molecule has 4 aromatic rings. The Morgan fingerprint density at radius 2 is 1.93 bits per heavy atom. The van der Waals surface area contributed by atoms with E-state index in [2.05, 4.69) is 15.1 Å². The number of aromatic nitrogens is 2. The molecular weight excluding hydrogens is 384 g/mol. The molecule has 8 nitrogen and oxygen atoms in total. The summed E-state index contributed by atoms with van der Waals surface area (Å²) in [5.74, 6) is -0.291. The number of hydrogen-bond donors (Lipinski definition) is 2. The minimum atomic E-state index is -0.973. The third kappa shape index (κ3) is 3.14. The van der Waals surface area contributed by atoms with Crippen molar-refractivity contribution in [2.45, 2.75) is 0 Å². The summed E-state index contributed by atoms with van der Waals surface area (Å²) < 4.78 is 6.05. The Morgan fingerprint density at radius 3 is 2.77 bits per heavy atom. The molecule has 3 aromatic carbocycles. The first kappa shape index (κ1) is 17.9. The van der Waals surface area contributed by atoms with Crippen LogP contribution in [0.25, 0.3) is 21.7 Å². The molecule has 0 bridgehead atoms. The van der Waals surface area contributed by atoms with Gasteiger partial charge in [-0.05, 0) is 29.7 Å². The lowest BCUT2D eigenvalue weighted by atomic mass is 10.1. The van der Waals surface area contributed by atoms with Gasteiger partial charge in [0, 0.05) is 11.6 Å². The van der Waals surface area contributed by atoms with Crippen molar-refractivity contribution in [2.24, 2.45) is 11.0 Å². The first-order valence-corrected chi connectivity index (χ1v) is 9.33. The minimum Gasteiger partial charge on any atom is -0.481 e. The fraction of sp³-hybridized carbons (Fsp3) is 0.0909. The van der Waals surface area contributed by atoms with Gasteiger partial charge < -0.3 is 9.84 Å². The number of fused-ring (bicyclic) bond motifs is 2. The van der Waals surface area contributed by atoms with Gasteiger partial charge in [-0.3, -0.25) is 14.6 Å². The van der Waals surface area contributed by atoms with E-state index in [9.17, 15) is 9.59 Å². The molecule has 0 amide bonds. The van der Waals surface area contributed by atoms with Gasteiger partial charge in [-0.2, -0.15) is 5.10 Å². The third-order valence-electron chi connectivity index (χ3n) is 4.96. The number of carboxylic acid groups (broad SMARTS) is 1. The fourth-order valence-electron chi connectivity index (χ4n) is 3.43. The van der Waals surface area contributed by atoms with Gasteiger partial charge >= 0.3 is 5.97 Å². The minimum absolute atomic E-state index is 0.117. The van der Waals surface area contributed by atoms with Crippen LogP contribution in [-0.2, 0) is 4.79 Å². The number of aliphatic carboxylic acids is 1. The smallest absolute Gasteiger partial charge is 0.313 e. The Kier molecular flexibility index (Phi) is 4.17. The monoisotopic (exact) mass is 400 g/mol. The maximum absolute atomic E-state index is 12.6. The summed E-state index contributed by atoms with van der Waals surface area (Å²) in [7, 11) is 0. The van der Waals surface area contributed by atoms with Gasteiger partial charge in [0.1, 0.15) is 17.4 Å². The summed E-state index contributed by atoms with van der Waals surface area (Å²) in [5.41, 5.74) is 0.111. The predicted octanol–water partition coefficient (Wildman–Crippen LogP) is 3.38. The summed E-state index contributed by atoms with van der Waals surface area (Å²) >= 11 is 0. The van der Waals surface area contributed by atoms with E-state index < -0.39 is 11.9 Å². The summed E-state index contributed by atoms with van der Waals surface area (Å²) in [6.45, 7) is 0.117. The normalized spacial score (nSPS) is 15.7. The zero-order valence-electron chi connectivity index (χ0n) is 15.6. The maximum atomic E-state index is 12.6. The van der Waals surface area contributed by atoms with Crippen molar-refractivity contribution >= 4 is 39.8 Å². The second kappa shape index (κ2) is 7.00. The Hall–Kier alpha value is -4.20. The van der Waals surface area contributed by atoms with E-state index in [1.54, 1.807) is 18.2 Å². The number of nitrogens with zero attached hydrogens (tertiary/aromatic N) is 3. The second-order valence-electron chi connectivity index (χ2n) is 6.94. The molecule has 2 heterocycles. The Morgan fingerprint density at radius 1 is 1.10 bits per heavy atom. The average molecular weight is 400 g/mol. The van der Waals surface area contributed by atoms with E-state index in [0.29, 0.717) is 22.4 Å². The van der Waals surface area contributed by atoms with Crippen molar-refractivity contribution in [3.05, 3.63) is 71.0 Å². The molecule has 30 heavy (non-hydrogen) atoms. The number of H-pyrrole nitrogens is 1. The number of rotatable bonds is 4. The number of hydrogen-bond acceptors (Lipinski definition) is 6. The van der Waals surface area contributed by atoms with Gasteiger partial charge in [0.25, 0.3) is 5.56 Å². The average Bonchev–Trinajstić information content (AvgIpc) is 3.25. The van der Waals surface area contributed by atoms with Crippen LogP contribution in [0.3, 0.4) is 0 Å². The van der Waals surface area contributed by atoms with Crippen LogP contribution in [0.5, 0.6) is 11.5 Å². The molecule has 1 aliphatic heterocycles. The van der Waals surface area contributed by atoms with Crippen LogP contribution in [-0.4, -0.2) is 33.8 Å². The molecule has 8 heteroatoms. The highest BCUT2D eigenvalue weighted by Crippen LogP contribution is 2.30. The molecule has 5 rings (SSSR count). The van der Waals surface area contributed by atoms with Gasteiger partial charge in [0.05, 0.1) is 17.4 Å². The molecule has 1 aliphatic rings. The largest absolute Gasteiger partial charge is 0.481 e. The number of nitrogens with one attached hydrogen (secondary N) is 1. The van der Waals surface area contributed by atoms with Crippen molar-refractivity contribution in [1.29, 1.82) is 0 Å². The van der Waals surface area contributed by atoms with Crippen LogP contribution >= 0.6 is 0 Å². The zero-order valence-corrected chi connectivity index (χ0v) is 15.6. The number of hydrazone groups is 1. The highest BCUT2D eigenvalue weighted by molar-refractivity contribution is 5.91. The zero-order chi connectivity index (χ0) is 20.7. The van der Waals surface area contributed by atoms with Crippen molar-refractivity contribution in [2.75, 3.05) is 11.6 Å². The molecule has 0 aliphatic carbocycles. The number of carbonyl (C=O) groups is 1. The van der Waals surface area contributed by atoms with E-state index in [1.807, 2.05) is 42.5 Å². The highest BCUT2D eigenvalue weighted by atomic mass is 16.5. The number of anilines is 1. The topological polar surface area (TPSA) is 108 Å². The molecule has 148 valence electrons. The molecule has 0 spiro atoms. The highest BCUT2D eigenvalue weighted by Gasteiger charge is 2.26. The quantitative estimate of drug-likeness (QED) is 0.544. The Balaban J connectivity index is 1.48. The second-order valence-corrected chi connectivity index (χ2v) is 6.94. The van der Waals surface area contributed by atoms with Crippen LogP contribution < -0.4 is 15.3 Å². The Labute approximate surface area is 170 Å². The lowest BCUT2D eigenvalue weighted by molar-refractivity contribution is -0.138. The standard InChI is InChI=1S/C22H16N4O4/c27-20-17-10-15(30-19-7-3-5-13-4-1-2-6-16(13)19)8-9-18(17)24-22(25-20)26-12-14(11-23-26)21(28)29/h1-11,14H,12H2,(H,28,29)(H,24,25,27). The van der Waals surface area contributed by atoms with Crippen LogP contribution in [0.4, 0.5) is 5.95 Å². The van der Waals surface area contributed by atoms with Crippen LogP contribution in [0, 0.1) is 5.92 Å². The number of ether oxygens (including phenoxy) is 1. The molecule has 1 atom stereocenters. The number of carboxylic acids is 1. The van der Waals surface area contributed by atoms with Gasteiger partial charge in [0.15, 0.2) is 0 Å². The first-order valence-electron chi connectivity index (χ1n) is 9.33. The lowest BCUT2D eigenvalue weighted by Gasteiger charge is -2.14. The number of aromatic amines is 1. The van der Waals surface area contributed by atoms with E-state index in [4.69, 9.17) is 9.84 Å². The van der Waals surface area contributed by atoms with Crippen molar-refractivity contribution in [3.8, 4) is 11.5 Å². The van der Waals surface area contributed by atoms with E-state index >= 15 is 0 Å². The van der Waals surface area contributed by atoms with Crippen molar-refractivity contribution in [3.63, 3.8) is 0 Å². The first-order chi connectivity index (χ1) is 14.6. The SMILES string of the molecule is O=C(O)C1C=NN(c2nc3ccc(Oc4cccc5ccccc45)cc3c(=O)[nH]2)C1. The van der Waals surface area contributed by atoms with Gasteiger partial charge in [-0.25, -0.2) is 9.99 Å². The summed E-state index contributed by atoms with van der Waals surface area (Å²) in [6, 6.07) is 18.8. The van der Waals surface area contributed by atoms with Gasteiger partial charge in [0.2, 0.25) is 5.95 Å². The number of benzene rings is 3. The molecule has 2 N–H and O–H groups in total. The molecule has 1 unspecified atom stereocenters. The summed E-state index contributed by atoms with van der Waals surface area (Å²) in [6.07, 6.45) is 1.33. The van der Waals surface area contributed by atoms with Gasteiger partial charge in [-0.15, -0.1) is 0 Å². The van der Waals surface area contributed by atoms with E-state index in [1.165, 1.54) is 11.2 Å². The third-order valence-corrected chi connectivity index (χ3v) is 4.96. The molecule has 0 saturated carbocycles. The molecule has 0 saturated heterocycles. The molecule has 0 fully saturated rings. The Bertz CT molecular complexity index is 1370. The van der Waals surface area contributed by atoms with Crippen LogP contribution in [0.15, 0.2) is 70.6 Å². The molecule has 1 aromatic heterocycles. The summed E-state index contributed by atoms with van der Waals surface area (Å²) in [4.78, 5) is 30.8.